The summed E-state index contributed by atoms with van der Waals surface area (Å²) in [6.45, 7) is 1.94. The zero-order valence-electron chi connectivity index (χ0n) is 6.06. The van der Waals surface area contributed by atoms with Gasteiger partial charge in [-0.3, -0.25) is 4.79 Å². The second-order valence-corrected chi connectivity index (χ2v) is 3.15. The SMILES string of the molecule is C[C@@H]1CC[C@@H](CCl)NC1=O. The molecule has 0 bridgehead atoms. The van der Waals surface area contributed by atoms with Gasteiger partial charge >= 0.3 is 0 Å². The van der Waals surface area contributed by atoms with Crippen molar-refractivity contribution in [3.05, 3.63) is 0 Å². The van der Waals surface area contributed by atoms with E-state index in [0.29, 0.717) is 5.88 Å². The van der Waals surface area contributed by atoms with Gasteiger partial charge in [0.1, 0.15) is 0 Å². The van der Waals surface area contributed by atoms with Crippen molar-refractivity contribution in [3.8, 4) is 0 Å². The predicted molar refractivity (Wildman–Crippen MR) is 41.0 cm³/mol. The molecule has 1 rings (SSSR count). The molecule has 3 heteroatoms. The summed E-state index contributed by atoms with van der Waals surface area (Å²) < 4.78 is 0. The molecule has 0 aromatic carbocycles. The van der Waals surface area contributed by atoms with Crippen LogP contribution in [0.1, 0.15) is 19.8 Å². The number of alkyl halides is 1. The van der Waals surface area contributed by atoms with Crippen molar-refractivity contribution in [2.75, 3.05) is 5.88 Å². The van der Waals surface area contributed by atoms with Crippen LogP contribution >= 0.6 is 11.6 Å². The molecule has 0 unspecified atom stereocenters. The van der Waals surface area contributed by atoms with E-state index in [9.17, 15) is 4.79 Å². The molecule has 1 N–H and O–H groups in total. The third-order valence-corrected chi connectivity index (χ3v) is 2.30. The summed E-state index contributed by atoms with van der Waals surface area (Å²) in [6, 6.07) is 0.213. The largest absolute Gasteiger partial charge is 0.352 e. The van der Waals surface area contributed by atoms with Crippen molar-refractivity contribution < 1.29 is 4.79 Å². The van der Waals surface area contributed by atoms with E-state index < -0.39 is 0 Å². The second-order valence-electron chi connectivity index (χ2n) is 2.84. The van der Waals surface area contributed by atoms with E-state index in [0.717, 1.165) is 12.8 Å². The first kappa shape index (κ1) is 7.86. The van der Waals surface area contributed by atoms with Crippen LogP contribution < -0.4 is 5.32 Å². The summed E-state index contributed by atoms with van der Waals surface area (Å²) >= 11 is 5.58. The van der Waals surface area contributed by atoms with E-state index in [-0.39, 0.29) is 17.9 Å². The maximum Gasteiger partial charge on any atom is 0.223 e. The van der Waals surface area contributed by atoms with E-state index in [2.05, 4.69) is 5.32 Å². The topological polar surface area (TPSA) is 29.1 Å². The Balaban J connectivity index is 2.41. The number of amides is 1. The fourth-order valence-electron chi connectivity index (χ4n) is 1.11. The van der Waals surface area contributed by atoms with Gasteiger partial charge in [0.2, 0.25) is 5.91 Å². The van der Waals surface area contributed by atoms with Gasteiger partial charge < -0.3 is 5.32 Å². The molecule has 2 nitrogen and oxygen atoms in total. The minimum atomic E-state index is 0.150. The summed E-state index contributed by atoms with van der Waals surface area (Å²) in [5.41, 5.74) is 0. The van der Waals surface area contributed by atoms with Crippen molar-refractivity contribution in [2.45, 2.75) is 25.8 Å². The fourth-order valence-corrected chi connectivity index (χ4v) is 1.35. The van der Waals surface area contributed by atoms with Gasteiger partial charge in [0, 0.05) is 17.8 Å². The van der Waals surface area contributed by atoms with Crippen molar-refractivity contribution in [3.63, 3.8) is 0 Å². The molecule has 1 saturated heterocycles. The van der Waals surface area contributed by atoms with Gasteiger partial charge in [-0.05, 0) is 12.8 Å². The average Bonchev–Trinajstić information content (AvgIpc) is 1.95. The van der Waals surface area contributed by atoms with Gasteiger partial charge in [0.15, 0.2) is 0 Å². The molecule has 0 aromatic rings. The lowest BCUT2D eigenvalue weighted by Crippen LogP contribution is -2.43. The first-order chi connectivity index (χ1) is 4.74. The predicted octanol–water partition coefficient (Wildman–Crippen LogP) is 1.14. The molecular weight excluding hydrogens is 150 g/mol. The zero-order valence-corrected chi connectivity index (χ0v) is 6.82. The monoisotopic (exact) mass is 161 g/mol. The number of nitrogens with one attached hydrogen (secondary N) is 1. The normalized spacial score (nSPS) is 33.6. The lowest BCUT2D eigenvalue weighted by molar-refractivity contribution is -0.126. The number of rotatable bonds is 1. The number of carbonyl (C=O) groups excluding carboxylic acids is 1. The highest BCUT2D eigenvalue weighted by Gasteiger charge is 2.23. The Morgan fingerprint density at radius 1 is 1.70 bits per heavy atom. The molecule has 10 heavy (non-hydrogen) atoms. The van der Waals surface area contributed by atoms with Crippen molar-refractivity contribution in [1.29, 1.82) is 0 Å². The molecule has 0 saturated carbocycles. The van der Waals surface area contributed by atoms with Crippen LogP contribution in [0.25, 0.3) is 0 Å². The Morgan fingerprint density at radius 2 is 2.40 bits per heavy atom. The summed E-state index contributed by atoms with van der Waals surface area (Å²) in [5, 5.41) is 2.84. The second kappa shape index (κ2) is 3.24. The minimum absolute atomic E-state index is 0.150. The Kier molecular flexibility index (Phi) is 2.55. The average molecular weight is 162 g/mol. The molecule has 1 heterocycles. The summed E-state index contributed by atoms with van der Waals surface area (Å²) in [6.07, 6.45) is 2.00. The Labute approximate surface area is 65.9 Å². The van der Waals surface area contributed by atoms with Crippen molar-refractivity contribution in [2.24, 2.45) is 5.92 Å². The van der Waals surface area contributed by atoms with Crippen LogP contribution in [0.15, 0.2) is 0 Å². The number of halogens is 1. The minimum Gasteiger partial charge on any atom is -0.352 e. The van der Waals surface area contributed by atoms with E-state index in [1.165, 1.54) is 0 Å². The molecule has 1 aliphatic heterocycles. The highest BCUT2D eigenvalue weighted by molar-refractivity contribution is 6.18. The third-order valence-electron chi connectivity index (χ3n) is 1.93. The highest BCUT2D eigenvalue weighted by Crippen LogP contribution is 2.14. The van der Waals surface area contributed by atoms with Gasteiger partial charge in [0.25, 0.3) is 0 Å². The fraction of sp³-hybridized carbons (Fsp3) is 0.857. The third kappa shape index (κ3) is 1.63. The molecule has 1 aliphatic rings. The molecule has 1 fully saturated rings. The quantitative estimate of drug-likeness (QED) is 0.575. The smallest absolute Gasteiger partial charge is 0.223 e. The first-order valence-corrected chi connectivity index (χ1v) is 4.14. The number of carbonyl (C=O) groups is 1. The van der Waals surface area contributed by atoms with Crippen LogP contribution in [-0.4, -0.2) is 17.8 Å². The van der Waals surface area contributed by atoms with Gasteiger partial charge in [-0.15, -0.1) is 11.6 Å². The summed E-state index contributed by atoms with van der Waals surface area (Å²) in [5.74, 6) is 0.870. The molecule has 1 amide bonds. The van der Waals surface area contributed by atoms with E-state index in [1.807, 2.05) is 6.92 Å². The van der Waals surface area contributed by atoms with Crippen LogP contribution in [0, 0.1) is 5.92 Å². The van der Waals surface area contributed by atoms with Crippen LogP contribution in [-0.2, 0) is 4.79 Å². The molecular formula is C7H12ClNO. The number of hydrogen-bond acceptors (Lipinski definition) is 1. The molecule has 0 radical (unpaired) electrons. The number of piperidine rings is 1. The van der Waals surface area contributed by atoms with Crippen molar-refractivity contribution in [1.82, 2.24) is 5.32 Å². The Bertz CT molecular complexity index is 138. The number of hydrogen-bond donors (Lipinski definition) is 1. The maximum absolute atomic E-state index is 11.0. The molecule has 58 valence electrons. The summed E-state index contributed by atoms with van der Waals surface area (Å²) in [7, 11) is 0. The lowest BCUT2D eigenvalue weighted by Gasteiger charge is -2.25. The molecule has 2 atom stereocenters. The van der Waals surface area contributed by atoms with Gasteiger partial charge in [-0.2, -0.15) is 0 Å². The lowest BCUT2D eigenvalue weighted by atomic mass is 9.96. The first-order valence-electron chi connectivity index (χ1n) is 3.60. The van der Waals surface area contributed by atoms with Gasteiger partial charge in [-0.25, -0.2) is 0 Å². The van der Waals surface area contributed by atoms with Crippen LogP contribution in [0.3, 0.4) is 0 Å². The van der Waals surface area contributed by atoms with Crippen LogP contribution in [0.2, 0.25) is 0 Å². The van der Waals surface area contributed by atoms with Gasteiger partial charge in [-0.1, -0.05) is 6.92 Å². The Hall–Kier alpha value is -0.240. The van der Waals surface area contributed by atoms with E-state index in [4.69, 9.17) is 11.6 Å². The van der Waals surface area contributed by atoms with Crippen molar-refractivity contribution >= 4 is 17.5 Å². The Morgan fingerprint density at radius 3 is 2.90 bits per heavy atom. The van der Waals surface area contributed by atoms with E-state index in [1.54, 1.807) is 0 Å². The van der Waals surface area contributed by atoms with Crippen LogP contribution in [0.5, 0.6) is 0 Å². The maximum atomic E-state index is 11.0. The summed E-state index contributed by atoms with van der Waals surface area (Å²) in [4.78, 5) is 11.0. The highest BCUT2D eigenvalue weighted by atomic mass is 35.5. The van der Waals surface area contributed by atoms with E-state index >= 15 is 0 Å². The van der Waals surface area contributed by atoms with Gasteiger partial charge in [0.05, 0.1) is 0 Å². The zero-order chi connectivity index (χ0) is 7.56. The molecule has 0 spiro atoms. The van der Waals surface area contributed by atoms with Crippen LogP contribution in [0.4, 0.5) is 0 Å². The molecule has 0 aliphatic carbocycles. The molecule has 0 aromatic heterocycles. The standard InChI is InChI=1S/C7H12ClNO/c1-5-2-3-6(4-8)9-7(5)10/h5-6H,2-4H2,1H3,(H,9,10)/t5-,6+/m1/s1.